The maximum absolute atomic E-state index is 4.33. The lowest BCUT2D eigenvalue weighted by Gasteiger charge is -2.07. The first-order chi connectivity index (χ1) is 7.33. The molecule has 0 atom stereocenters. The Labute approximate surface area is 97.2 Å². The fourth-order valence-electron chi connectivity index (χ4n) is 1.47. The minimum Gasteiger partial charge on any atom is -0.314 e. The Hall–Kier alpha value is -1.13. The normalized spacial score (nSPS) is 10.5. The van der Waals surface area contributed by atoms with E-state index in [9.17, 15) is 0 Å². The van der Waals surface area contributed by atoms with Crippen LogP contribution in [0, 0.1) is 0 Å². The predicted molar refractivity (Wildman–Crippen MR) is 64.0 cm³/mol. The molecule has 0 aliphatic carbocycles. The summed E-state index contributed by atoms with van der Waals surface area (Å²) in [6.07, 6.45) is 1.82. The number of nitrogens with zero attached hydrogens (tertiary/aromatic N) is 2. The highest BCUT2D eigenvalue weighted by Crippen LogP contribution is 2.19. The number of nitrogens with one attached hydrogen (secondary N) is 1. The summed E-state index contributed by atoms with van der Waals surface area (Å²) in [5.41, 5.74) is 2.21. The fourth-order valence-corrected chi connectivity index (χ4v) is 1.87. The van der Waals surface area contributed by atoms with Crippen LogP contribution in [0.15, 0.2) is 41.0 Å². The summed E-state index contributed by atoms with van der Waals surface area (Å²) in [6.45, 7) is 0.787. The Morgan fingerprint density at radius 1 is 1.33 bits per heavy atom. The van der Waals surface area contributed by atoms with Crippen LogP contribution in [0.2, 0.25) is 0 Å². The van der Waals surface area contributed by atoms with Crippen molar-refractivity contribution in [2.45, 2.75) is 6.54 Å². The fraction of sp³-hybridized carbons (Fsp3) is 0.182. The molecule has 4 heteroatoms. The zero-order valence-corrected chi connectivity index (χ0v) is 10.0. The van der Waals surface area contributed by atoms with Crippen molar-refractivity contribution in [3.63, 3.8) is 0 Å². The van der Waals surface area contributed by atoms with E-state index in [-0.39, 0.29) is 0 Å². The molecule has 15 heavy (non-hydrogen) atoms. The molecule has 0 fully saturated rings. The number of para-hydroxylation sites is 1. The lowest BCUT2D eigenvalue weighted by molar-refractivity contribution is 0.727. The molecule has 0 unspecified atom stereocenters. The van der Waals surface area contributed by atoms with E-state index in [1.165, 1.54) is 0 Å². The summed E-state index contributed by atoms with van der Waals surface area (Å²) >= 11 is 3.49. The first-order valence-electron chi connectivity index (χ1n) is 4.75. The number of benzene rings is 1. The van der Waals surface area contributed by atoms with Crippen LogP contribution in [0.1, 0.15) is 5.69 Å². The topological polar surface area (TPSA) is 29.9 Å². The summed E-state index contributed by atoms with van der Waals surface area (Å²) in [5, 5.41) is 7.46. The molecule has 0 saturated heterocycles. The van der Waals surface area contributed by atoms with E-state index in [4.69, 9.17) is 0 Å². The van der Waals surface area contributed by atoms with Gasteiger partial charge in [0.1, 0.15) is 0 Å². The zero-order chi connectivity index (χ0) is 10.7. The lowest BCUT2D eigenvalue weighted by Crippen LogP contribution is -2.11. The Kier molecular flexibility index (Phi) is 3.18. The molecule has 0 saturated carbocycles. The van der Waals surface area contributed by atoms with Gasteiger partial charge in [-0.1, -0.05) is 18.2 Å². The molecule has 0 spiro atoms. The highest BCUT2D eigenvalue weighted by Gasteiger charge is 2.08. The van der Waals surface area contributed by atoms with Gasteiger partial charge in [0.25, 0.3) is 0 Å². The summed E-state index contributed by atoms with van der Waals surface area (Å²) in [7, 11) is 1.93. The van der Waals surface area contributed by atoms with Crippen LogP contribution in [0.25, 0.3) is 5.69 Å². The first-order valence-corrected chi connectivity index (χ1v) is 5.54. The van der Waals surface area contributed by atoms with Gasteiger partial charge in [0.15, 0.2) is 0 Å². The van der Waals surface area contributed by atoms with Crippen molar-refractivity contribution in [1.29, 1.82) is 0 Å². The van der Waals surface area contributed by atoms with Gasteiger partial charge in [-0.3, -0.25) is 0 Å². The highest BCUT2D eigenvalue weighted by molar-refractivity contribution is 9.10. The average molecular weight is 266 g/mol. The molecule has 78 valence electrons. The maximum atomic E-state index is 4.33. The number of hydrogen-bond donors (Lipinski definition) is 1. The van der Waals surface area contributed by atoms with Gasteiger partial charge in [0.05, 0.1) is 22.1 Å². The summed E-state index contributed by atoms with van der Waals surface area (Å²) in [4.78, 5) is 0. The number of hydrogen-bond acceptors (Lipinski definition) is 2. The minimum atomic E-state index is 0.787. The molecule has 1 aromatic heterocycles. The van der Waals surface area contributed by atoms with E-state index < -0.39 is 0 Å². The quantitative estimate of drug-likeness (QED) is 0.924. The third-order valence-corrected chi connectivity index (χ3v) is 2.83. The van der Waals surface area contributed by atoms with Crippen molar-refractivity contribution in [3.8, 4) is 5.69 Å². The molecule has 0 aliphatic rings. The van der Waals surface area contributed by atoms with Gasteiger partial charge in [-0.2, -0.15) is 5.10 Å². The molecule has 0 radical (unpaired) electrons. The molecule has 2 aromatic rings. The molecule has 2 rings (SSSR count). The summed E-state index contributed by atoms with van der Waals surface area (Å²) in [5.74, 6) is 0. The van der Waals surface area contributed by atoms with Crippen LogP contribution in [0.5, 0.6) is 0 Å². The Morgan fingerprint density at radius 3 is 2.73 bits per heavy atom. The molecular weight excluding hydrogens is 254 g/mol. The Balaban J connectivity index is 2.44. The average Bonchev–Trinajstić information content (AvgIpc) is 2.63. The lowest BCUT2D eigenvalue weighted by atomic mass is 10.3. The molecule has 1 N–H and O–H groups in total. The molecule has 1 aromatic carbocycles. The van der Waals surface area contributed by atoms with Gasteiger partial charge < -0.3 is 5.32 Å². The van der Waals surface area contributed by atoms with E-state index >= 15 is 0 Å². The van der Waals surface area contributed by atoms with Crippen LogP contribution < -0.4 is 5.32 Å². The van der Waals surface area contributed by atoms with Crippen LogP contribution in [-0.4, -0.2) is 16.8 Å². The van der Waals surface area contributed by atoms with Crippen LogP contribution in [0.4, 0.5) is 0 Å². The third-order valence-electron chi connectivity index (χ3n) is 2.16. The first kappa shape index (κ1) is 10.4. The largest absolute Gasteiger partial charge is 0.314 e. The van der Waals surface area contributed by atoms with Crippen molar-refractivity contribution >= 4 is 15.9 Å². The van der Waals surface area contributed by atoms with Crippen LogP contribution in [0.3, 0.4) is 0 Å². The summed E-state index contributed by atoms with van der Waals surface area (Å²) in [6, 6.07) is 10.1. The Bertz CT molecular complexity index is 436. The zero-order valence-electron chi connectivity index (χ0n) is 8.44. The van der Waals surface area contributed by atoms with Gasteiger partial charge in [-0.15, -0.1) is 0 Å². The van der Waals surface area contributed by atoms with Crippen molar-refractivity contribution < 1.29 is 0 Å². The molecule has 0 amide bonds. The van der Waals surface area contributed by atoms with Crippen molar-refractivity contribution in [2.75, 3.05) is 7.05 Å². The van der Waals surface area contributed by atoms with Gasteiger partial charge in [-0.25, -0.2) is 4.68 Å². The molecule has 1 heterocycles. The third kappa shape index (κ3) is 2.11. The maximum Gasteiger partial charge on any atom is 0.0722 e. The summed E-state index contributed by atoms with van der Waals surface area (Å²) < 4.78 is 2.96. The van der Waals surface area contributed by atoms with Crippen LogP contribution in [-0.2, 0) is 6.54 Å². The number of aromatic nitrogens is 2. The van der Waals surface area contributed by atoms with Crippen molar-refractivity contribution in [2.24, 2.45) is 0 Å². The molecular formula is C11H12BrN3. The van der Waals surface area contributed by atoms with Gasteiger partial charge in [0.2, 0.25) is 0 Å². The van der Waals surface area contributed by atoms with Crippen molar-refractivity contribution in [1.82, 2.24) is 15.1 Å². The minimum absolute atomic E-state index is 0.787. The standard InChI is InChI=1S/C11H12BrN3/c1-13-8-11-10(12)7-14-15(11)9-5-3-2-4-6-9/h2-7,13H,8H2,1H3. The Morgan fingerprint density at radius 2 is 2.07 bits per heavy atom. The second-order valence-electron chi connectivity index (χ2n) is 3.22. The predicted octanol–water partition coefficient (Wildman–Crippen LogP) is 2.35. The molecule has 0 aliphatic heterocycles. The number of rotatable bonds is 3. The highest BCUT2D eigenvalue weighted by atomic mass is 79.9. The van der Waals surface area contributed by atoms with E-state index in [0.717, 1.165) is 22.4 Å². The van der Waals surface area contributed by atoms with E-state index in [1.54, 1.807) is 0 Å². The van der Waals surface area contributed by atoms with Gasteiger partial charge in [0, 0.05) is 6.54 Å². The van der Waals surface area contributed by atoms with Gasteiger partial charge >= 0.3 is 0 Å². The van der Waals surface area contributed by atoms with E-state index in [1.807, 2.05) is 48.3 Å². The van der Waals surface area contributed by atoms with E-state index in [2.05, 4.69) is 26.3 Å². The van der Waals surface area contributed by atoms with Crippen molar-refractivity contribution in [3.05, 3.63) is 46.7 Å². The van der Waals surface area contributed by atoms with Crippen LogP contribution >= 0.6 is 15.9 Å². The van der Waals surface area contributed by atoms with Gasteiger partial charge in [-0.05, 0) is 35.1 Å². The monoisotopic (exact) mass is 265 g/mol. The number of halogens is 1. The second kappa shape index (κ2) is 4.59. The smallest absolute Gasteiger partial charge is 0.0722 e. The van der Waals surface area contributed by atoms with E-state index in [0.29, 0.717) is 0 Å². The molecule has 3 nitrogen and oxygen atoms in total. The second-order valence-corrected chi connectivity index (χ2v) is 4.07. The molecule has 0 bridgehead atoms. The SMILES string of the molecule is CNCc1c(Br)cnn1-c1ccccc1.